The first-order chi connectivity index (χ1) is 6.70. The molecular formula is C12H18N2. The molecule has 0 spiro atoms. The maximum atomic E-state index is 6.03. The molecule has 2 nitrogen and oxygen atoms in total. The molecule has 14 heavy (non-hydrogen) atoms. The molecule has 0 aromatic heterocycles. The van der Waals surface area contributed by atoms with E-state index in [0.29, 0.717) is 0 Å². The van der Waals surface area contributed by atoms with Crippen molar-refractivity contribution in [2.45, 2.75) is 33.1 Å². The fourth-order valence-electron chi connectivity index (χ4n) is 2.17. The Labute approximate surface area is 85.5 Å². The van der Waals surface area contributed by atoms with Crippen LogP contribution in [0.25, 0.3) is 0 Å². The van der Waals surface area contributed by atoms with Crippen LogP contribution in [-0.2, 0) is 6.42 Å². The molecule has 1 aliphatic heterocycles. The number of nitrogens with two attached hydrogens (primary N) is 1. The van der Waals surface area contributed by atoms with Crippen LogP contribution in [0.1, 0.15) is 29.5 Å². The summed E-state index contributed by atoms with van der Waals surface area (Å²) in [4.78, 5) is 0. The predicted molar refractivity (Wildman–Crippen MR) is 61.8 cm³/mol. The maximum absolute atomic E-state index is 6.03. The number of hydrogen-bond donors (Lipinski definition) is 2. The minimum absolute atomic E-state index is 0.965. The average Bonchev–Trinajstić information content (AvgIpc) is 2.39. The van der Waals surface area contributed by atoms with Gasteiger partial charge in [-0.3, -0.25) is 0 Å². The summed E-state index contributed by atoms with van der Waals surface area (Å²) in [7, 11) is 0. The van der Waals surface area contributed by atoms with Crippen molar-refractivity contribution in [1.82, 2.24) is 0 Å². The molecule has 0 fully saturated rings. The normalized spacial score (nSPS) is 15.6. The van der Waals surface area contributed by atoms with Crippen molar-refractivity contribution in [3.63, 3.8) is 0 Å². The number of anilines is 2. The highest BCUT2D eigenvalue weighted by atomic mass is 14.9. The first-order valence-corrected chi connectivity index (χ1v) is 5.32. The van der Waals surface area contributed by atoms with Crippen LogP contribution in [-0.4, -0.2) is 6.54 Å². The zero-order valence-corrected chi connectivity index (χ0v) is 8.98. The van der Waals surface area contributed by atoms with Crippen LogP contribution < -0.4 is 11.1 Å². The highest BCUT2D eigenvalue weighted by molar-refractivity contribution is 5.67. The van der Waals surface area contributed by atoms with Gasteiger partial charge < -0.3 is 11.1 Å². The minimum atomic E-state index is 0.965. The summed E-state index contributed by atoms with van der Waals surface area (Å²) in [6.45, 7) is 5.30. The third-order valence-electron chi connectivity index (χ3n) is 3.14. The second kappa shape index (κ2) is 3.52. The largest absolute Gasteiger partial charge is 0.398 e. The lowest BCUT2D eigenvalue weighted by atomic mass is 9.97. The maximum Gasteiger partial charge on any atom is 0.0379 e. The van der Waals surface area contributed by atoms with Crippen LogP contribution in [0.15, 0.2) is 6.07 Å². The van der Waals surface area contributed by atoms with Crippen molar-refractivity contribution in [2.24, 2.45) is 0 Å². The first kappa shape index (κ1) is 9.38. The number of aryl methyl sites for hydroxylation is 1. The van der Waals surface area contributed by atoms with Crippen molar-refractivity contribution < 1.29 is 0 Å². The molecule has 76 valence electrons. The van der Waals surface area contributed by atoms with Crippen LogP contribution in [0.2, 0.25) is 0 Å². The lowest BCUT2D eigenvalue weighted by Crippen LogP contribution is -2.04. The van der Waals surface area contributed by atoms with E-state index in [0.717, 1.165) is 12.2 Å². The van der Waals surface area contributed by atoms with Crippen LogP contribution in [0.4, 0.5) is 11.4 Å². The minimum Gasteiger partial charge on any atom is -0.398 e. The number of benzene rings is 1. The number of rotatable bonds is 0. The summed E-state index contributed by atoms with van der Waals surface area (Å²) in [6.07, 6.45) is 3.69. The van der Waals surface area contributed by atoms with E-state index in [9.17, 15) is 0 Å². The molecule has 1 aromatic carbocycles. The van der Waals surface area contributed by atoms with Crippen LogP contribution in [0, 0.1) is 13.8 Å². The molecule has 2 heteroatoms. The molecule has 0 amide bonds. The SMILES string of the molecule is Cc1cc2c(c(C)c1N)CCCCN2. The van der Waals surface area contributed by atoms with Crippen LogP contribution >= 0.6 is 0 Å². The molecule has 0 bridgehead atoms. The average molecular weight is 190 g/mol. The van der Waals surface area contributed by atoms with E-state index in [2.05, 4.69) is 25.2 Å². The summed E-state index contributed by atoms with van der Waals surface area (Å²) < 4.78 is 0. The Hall–Kier alpha value is -1.18. The van der Waals surface area contributed by atoms with Gasteiger partial charge in [0.25, 0.3) is 0 Å². The van der Waals surface area contributed by atoms with Crippen molar-refractivity contribution in [3.8, 4) is 0 Å². The van der Waals surface area contributed by atoms with E-state index in [4.69, 9.17) is 5.73 Å². The zero-order valence-electron chi connectivity index (χ0n) is 8.98. The van der Waals surface area contributed by atoms with Gasteiger partial charge in [-0.25, -0.2) is 0 Å². The third kappa shape index (κ3) is 1.45. The second-order valence-corrected chi connectivity index (χ2v) is 4.14. The zero-order chi connectivity index (χ0) is 10.1. The molecule has 1 aromatic rings. The van der Waals surface area contributed by atoms with Gasteiger partial charge in [-0.1, -0.05) is 0 Å². The Morgan fingerprint density at radius 2 is 2.07 bits per heavy atom. The van der Waals surface area contributed by atoms with E-state index < -0.39 is 0 Å². The number of nitrogens with one attached hydrogen (secondary N) is 1. The number of nitrogen functional groups attached to an aromatic ring is 1. The van der Waals surface area contributed by atoms with Crippen molar-refractivity contribution in [1.29, 1.82) is 0 Å². The van der Waals surface area contributed by atoms with Crippen molar-refractivity contribution in [3.05, 3.63) is 22.8 Å². The molecule has 0 atom stereocenters. The predicted octanol–water partition coefficient (Wildman–Crippen LogP) is 2.63. The number of fused-ring (bicyclic) bond motifs is 1. The highest BCUT2D eigenvalue weighted by Gasteiger charge is 2.12. The van der Waals surface area contributed by atoms with E-state index >= 15 is 0 Å². The second-order valence-electron chi connectivity index (χ2n) is 4.14. The lowest BCUT2D eigenvalue weighted by Gasteiger charge is -2.15. The molecule has 2 rings (SSSR count). The van der Waals surface area contributed by atoms with Gasteiger partial charge in [-0.2, -0.15) is 0 Å². The summed E-state index contributed by atoms with van der Waals surface area (Å²) in [6, 6.07) is 2.18. The fourth-order valence-corrected chi connectivity index (χ4v) is 2.17. The Kier molecular flexibility index (Phi) is 2.36. The Balaban J connectivity index is 2.55. The highest BCUT2D eigenvalue weighted by Crippen LogP contribution is 2.31. The molecule has 1 aliphatic rings. The molecule has 0 unspecified atom stereocenters. The Morgan fingerprint density at radius 1 is 1.29 bits per heavy atom. The molecule has 0 saturated carbocycles. The molecule has 3 N–H and O–H groups in total. The monoisotopic (exact) mass is 190 g/mol. The van der Waals surface area contributed by atoms with Gasteiger partial charge in [0.2, 0.25) is 0 Å². The fraction of sp³-hybridized carbons (Fsp3) is 0.500. The van der Waals surface area contributed by atoms with Gasteiger partial charge in [-0.05, 0) is 55.9 Å². The van der Waals surface area contributed by atoms with Gasteiger partial charge in [0.15, 0.2) is 0 Å². The summed E-state index contributed by atoms with van der Waals surface area (Å²) in [5.41, 5.74) is 12.2. The first-order valence-electron chi connectivity index (χ1n) is 5.32. The third-order valence-corrected chi connectivity index (χ3v) is 3.14. The van der Waals surface area contributed by atoms with Crippen LogP contribution in [0.3, 0.4) is 0 Å². The van der Waals surface area contributed by atoms with Gasteiger partial charge in [0.1, 0.15) is 0 Å². The van der Waals surface area contributed by atoms with E-state index in [1.54, 1.807) is 0 Å². The molecule has 0 radical (unpaired) electrons. The van der Waals surface area contributed by atoms with Gasteiger partial charge >= 0.3 is 0 Å². The molecule has 1 heterocycles. The Morgan fingerprint density at radius 3 is 2.86 bits per heavy atom. The van der Waals surface area contributed by atoms with Gasteiger partial charge in [0.05, 0.1) is 0 Å². The van der Waals surface area contributed by atoms with E-state index in [1.165, 1.54) is 41.6 Å². The lowest BCUT2D eigenvalue weighted by molar-refractivity contribution is 0.783. The number of hydrogen-bond acceptors (Lipinski definition) is 2. The van der Waals surface area contributed by atoms with Gasteiger partial charge in [-0.15, -0.1) is 0 Å². The molecule has 0 aliphatic carbocycles. The smallest absolute Gasteiger partial charge is 0.0379 e. The topological polar surface area (TPSA) is 38.0 Å². The van der Waals surface area contributed by atoms with Gasteiger partial charge in [0, 0.05) is 17.9 Å². The summed E-state index contributed by atoms with van der Waals surface area (Å²) in [5.74, 6) is 0. The van der Waals surface area contributed by atoms with Crippen molar-refractivity contribution in [2.75, 3.05) is 17.6 Å². The van der Waals surface area contributed by atoms with E-state index in [1.807, 2.05) is 0 Å². The van der Waals surface area contributed by atoms with E-state index in [-0.39, 0.29) is 0 Å². The Bertz CT molecular complexity index is 356. The standard InChI is InChI=1S/C12H18N2/c1-8-7-11-10(9(2)12(8)13)5-3-4-6-14-11/h7,14H,3-6,13H2,1-2H3. The summed E-state index contributed by atoms with van der Waals surface area (Å²) in [5, 5.41) is 3.48. The summed E-state index contributed by atoms with van der Waals surface area (Å²) >= 11 is 0. The quantitative estimate of drug-likeness (QED) is 0.617. The molecular weight excluding hydrogens is 172 g/mol. The van der Waals surface area contributed by atoms with Crippen LogP contribution in [0.5, 0.6) is 0 Å². The molecule has 0 saturated heterocycles. The van der Waals surface area contributed by atoms with Crippen molar-refractivity contribution >= 4 is 11.4 Å².